The summed E-state index contributed by atoms with van der Waals surface area (Å²) in [6.45, 7) is 3.80. The zero-order valence-corrected chi connectivity index (χ0v) is 16.1. The second-order valence-electron chi connectivity index (χ2n) is 5.96. The highest BCUT2D eigenvalue weighted by Crippen LogP contribution is 2.38. The summed E-state index contributed by atoms with van der Waals surface area (Å²) in [4.78, 5) is 22.1. The van der Waals surface area contributed by atoms with Crippen LogP contribution in [-0.2, 0) is 17.6 Å². The molecule has 25 heavy (non-hydrogen) atoms. The highest BCUT2D eigenvalue weighted by Gasteiger charge is 2.26. The molecule has 1 aliphatic rings. The van der Waals surface area contributed by atoms with Crippen LogP contribution in [-0.4, -0.2) is 28.2 Å². The van der Waals surface area contributed by atoms with Crippen LogP contribution in [0.5, 0.6) is 0 Å². The zero-order chi connectivity index (χ0) is 18.0. The molecule has 0 amide bonds. The lowest BCUT2D eigenvalue weighted by atomic mass is 9.95. The molecule has 6 nitrogen and oxygen atoms in total. The van der Waals surface area contributed by atoms with Crippen molar-refractivity contribution in [1.82, 2.24) is 9.97 Å². The van der Waals surface area contributed by atoms with Crippen LogP contribution in [0, 0.1) is 13.8 Å². The molecule has 0 fully saturated rings. The average molecular weight is 377 g/mol. The van der Waals surface area contributed by atoms with E-state index in [0.29, 0.717) is 16.6 Å². The number of carbonyl (C=O) groups is 1. The molecule has 8 heteroatoms. The minimum Gasteiger partial charge on any atom is -0.465 e. The zero-order valence-electron chi connectivity index (χ0n) is 14.4. The van der Waals surface area contributed by atoms with Gasteiger partial charge in [0, 0.05) is 16.3 Å². The Morgan fingerprint density at radius 1 is 1.20 bits per heavy atom. The highest BCUT2D eigenvalue weighted by atomic mass is 32.1. The molecule has 1 aliphatic carbocycles. The predicted octanol–water partition coefficient (Wildman–Crippen LogP) is 3.63. The van der Waals surface area contributed by atoms with Gasteiger partial charge in [0.15, 0.2) is 5.11 Å². The SMILES string of the molecule is COC(=O)c1c(NC(=S)Nc2nc(C)cc(C)n2)sc2c1CCCC2. The summed E-state index contributed by atoms with van der Waals surface area (Å²) in [7, 11) is 1.40. The monoisotopic (exact) mass is 376 g/mol. The van der Waals surface area contributed by atoms with E-state index in [-0.39, 0.29) is 5.97 Å². The number of aromatic nitrogens is 2. The van der Waals surface area contributed by atoms with Gasteiger partial charge in [-0.05, 0) is 63.4 Å². The standard InChI is InChI=1S/C17H20N4O2S2/c1-9-8-10(2)19-16(18-9)21-17(24)20-14-13(15(22)23-3)11-6-4-5-7-12(11)25-14/h8H,4-7H2,1-3H3,(H2,18,19,20,21,24). The van der Waals surface area contributed by atoms with Crippen molar-refractivity contribution in [2.45, 2.75) is 39.5 Å². The Labute approximate surface area is 156 Å². The fourth-order valence-corrected chi connectivity index (χ4v) is 4.53. The molecule has 0 spiro atoms. The quantitative estimate of drug-likeness (QED) is 0.626. The van der Waals surface area contributed by atoms with Gasteiger partial charge in [-0.15, -0.1) is 11.3 Å². The highest BCUT2D eigenvalue weighted by molar-refractivity contribution is 7.80. The van der Waals surface area contributed by atoms with Gasteiger partial charge in [-0.3, -0.25) is 0 Å². The summed E-state index contributed by atoms with van der Waals surface area (Å²) >= 11 is 6.95. The van der Waals surface area contributed by atoms with E-state index in [1.165, 1.54) is 12.0 Å². The minimum absolute atomic E-state index is 0.327. The van der Waals surface area contributed by atoms with E-state index in [0.717, 1.165) is 47.6 Å². The molecule has 3 rings (SSSR count). The van der Waals surface area contributed by atoms with Crippen LogP contribution < -0.4 is 10.6 Å². The lowest BCUT2D eigenvalue weighted by Gasteiger charge is -2.12. The summed E-state index contributed by atoms with van der Waals surface area (Å²) < 4.78 is 4.97. The molecule has 2 N–H and O–H groups in total. The van der Waals surface area contributed by atoms with Gasteiger partial charge in [0.05, 0.1) is 12.7 Å². The molecule has 2 aromatic rings. The van der Waals surface area contributed by atoms with Crippen LogP contribution in [0.4, 0.5) is 10.9 Å². The van der Waals surface area contributed by atoms with Gasteiger partial charge in [0.2, 0.25) is 5.95 Å². The van der Waals surface area contributed by atoms with E-state index in [1.54, 1.807) is 11.3 Å². The normalized spacial score (nSPS) is 13.1. The Morgan fingerprint density at radius 3 is 2.56 bits per heavy atom. The van der Waals surface area contributed by atoms with Crippen molar-refractivity contribution in [2.24, 2.45) is 0 Å². The Morgan fingerprint density at radius 2 is 1.88 bits per heavy atom. The van der Waals surface area contributed by atoms with Crippen molar-refractivity contribution in [3.05, 3.63) is 33.5 Å². The molecular weight excluding hydrogens is 356 g/mol. The Hall–Kier alpha value is -2.06. The van der Waals surface area contributed by atoms with Gasteiger partial charge in [-0.1, -0.05) is 0 Å². The van der Waals surface area contributed by atoms with E-state index in [9.17, 15) is 4.79 Å². The number of rotatable bonds is 3. The molecule has 2 heterocycles. The number of carbonyl (C=O) groups excluding carboxylic acids is 1. The van der Waals surface area contributed by atoms with E-state index >= 15 is 0 Å². The Bertz CT molecular complexity index is 812. The van der Waals surface area contributed by atoms with E-state index < -0.39 is 0 Å². The summed E-state index contributed by atoms with van der Waals surface area (Å²) in [6.07, 6.45) is 4.13. The van der Waals surface area contributed by atoms with Crippen LogP contribution in [0.15, 0.2) is 6.07 Å². The van der Waals surface area contributed by atoms with E-state index in [1.807, 2.05) is 19.9 Å². The number of aryl methyl sites for hydroxylation is 3. The number of ether oxygens (including phenoxy) is 1. The number of esters is 1. The number of thiocarbonyl (C=S) groups is 1. The molecule has 0 aliphatic heterocycles. The molecule has 0 unspecified atom stereocenters. The first-order chi connectivity index (χ1) is 12.0. The van der Waals surface area contributed by atoms with Crippen molar-refractivity contribution in [3.8, 4) is 0 Å². The van der Waals surface area contributed by atoms with Gasteiger partial charge in [0.1, 0.15) is 5.00 Å². The van der Waals surface area contributed by atoms with Crippen LogP contribution in [0.2, 0.25) is 0 Å². The maximum absolute atomic E-state index is 12.3. The summed E-state index contributed by atoms with van der Waals surface area (Å²) in [5.74, 6) is 0.114. The third-order valence-electron chi connectivity index (χ3n) is 4.00. The van der Waals surface area contributed by atoms with Gasteiger partial charge < -0.3 is 15.4 Å². The number of nitrogens with zero attached hydrogens (tertiary/aromatic N) is 2. The van der Waals surface area contributed by atoms with Gasteiger partial charge in [-0.2, -0.15) is 0 Å². The topological polar surface area (TPSA) is 76.1 Å². The van der Waals surface area contributed by atoms with Crippen LogP contribution in [0.3, 0.4) is 0 Å². The van der Waals surface area contributed by atoms with Crippen molar-refractivity contribution in [2.75, 3.05) is 17.7 Å². The number of nitrogens with one attached hydrogen (secondary N) is 2. The van der Waals surface area contributed by atoms with Crippen LogP contribution in [0.1, 0.15) is 45.0 Å². The third kappa shape index (κ3) is 3.96. The maximum Gasteiger partial charge on any atom is 0.341 e. The Balaban J connectivity index is 1.83. The average Bonchev–Trinajstić information content (AvgIpc) is 2.90. The smallest absolute Gasteiger partial charge is 0.341 e. The second kappa shape index (κ2) is 7.45. The lowest BCUT2D eigenvalue weighted by molar-refractivity contribution is 0.0601. The molecule has 0 aromatic carbocycles. The third-order valence-corrected chi connectivity index (χ3v) is 5.41. The lowest BCUT2D eigenvalue weighted by Crippen LogP contribution is -2.22. The molecule has 132 valence electrons. The minimum atomic E-state index is -0.327. The van der Waals surface area contributed by atoms with Gasteiger partial charge in [0.25, 0.3) is 0 Å². The molecule has 0 radical (unpaired) electrons. The number of hydrogen-bond donors (Lipinski definition) is 2. The maximum atomic E-state index is 12.3. The van der Waals surface area contributed by atoms with E-state index in [2.05, 4.69) is 20.6 Å². The van der Waals surface area contributed by atoms with Crippen LogP contribution >= 0.6 is 23.6 Å². The number of thiophene rings is 1. The first-order valence-corrected chi connectivity index (χ1v) is 9.33. The molecule has 0 atom stereocenters. The number of methoxy groups -OCH3 is 1. The molecule has 2 aromatic heterocycles. The van der Waals surface area contributed by atoms with E-state index in [4.69, 9.17) is 17.0 Å². The number of fused-ring (bicyclic) bond motifs is 1. The summed E-state index contributed by atoms with van der Waals surface area (Å²) in [6, 6.07) is 1.89. The summed E-state index contributed by atoms with van der Waals surface area (Å²) in [5.41, 5.74) is 3.42. The van der Waals surface area contributed by atoms with Crippen molar-refractivity contribution >= 4 is 45.6 Å². The number of anilines is 2. The predicted molar refractivity (Wildman–Crippen MR) is 104 cm³/mol. The van der Waals surface area contributed by atoms with Crippen molar-refractivity contribution in [1.29, 1.82) is 0 Å². The fourth-order valence-electron chi connectivity index (χ4n) is 2.99. The van der Waals surface area contributed by atoms with Crippen molar-refractivity contribution in [3.63, 3.8) is 0 Å². The van der Waals surface area contributed by atoms with Crippen molar-refractivity contribution < 1.29 is 9.53 Å². The fraction of sp³-hybridized carbons (Fsp3) is 0.412. The van der Waals surface area contributed by atoms with Crippen LogP contribution in [0.25, 0.3) is 0 Å². The molecular formula is C17H20N4O2S2. The first kappa shape index (κ1) is 17.8. The first-order valence-electron chi connectivity index (χ1n) is 8.11. The second-order valence-corrected chi connectivity index (χ2v) is 7.47. The molecule has 0 bridgehead atoms. The van der Waals surface area contributed by atoms with Gasteiger partial charge >= 0.3 is 5.97 Å². The summed E-state index contributed by atoms with van der Waals surface area (Å²) in [5, 5.41) is 7.20. The molecule has 0 saturated heterocycles. The van der Waals surface area contributed by atoms with Gasteiger partial charge in [-0.25, -0.2) is 14.8 Å². The number of hydrogen-bond acceptors (Lipinski definition) is 6. The molecule has 0 saturated carbocycles. The Kier molecular flexibility index (Phi) is 5.29. The largest absolute Gasteiger partial charge is 0.465 e.